The summed E-state index contributed by atoms with van der Waals surface area (Å²) in [5.41, 5.74) is 1.54. The van der Waals surface area contributed by atoms with Gasteiger partial charge in [0.05, 0.1) is 30.5 Å². The molecule has 3 aromatic rings. The van der Waals surface area contributed by atoms with Gasteiger partial charge in [0.2, 0.25) is 0 Å². The second kappa shape index (κ2) is 11.7. The van der Waals surface area contributed by atoms with Crippen LogP contribution in [0.1, 0.15) is 29.6 Å². The van der Waals surface area contributed by atoms with Crippen LogP contribution in [0.5, 0.6) is 17.2 Å². The van der Waals surface area contributed by atoms with E-state index in [1.807, 2.05) is 4.90 Å². The molecule has 216 valence electrons. The number of hydrogen-bond acceptors (Lipinski definition) is 9. The predicted octanol–water partition coefficient (Wildman–Crippen LogP) is 3.06. The summed E-state index contributed by atoms with van der Waals surface area (Å²) in [6, 6.07) is 6.35. The lowest BCUT2D eigenvalue weighted by Gasteiger charge is -2.28. The molecule has 1 atom stereocenters. The Morgan fingerprint density at radius 2 is 1.90 bits per heavy atom. The van der Waals surface area contributed by atoms with Crippen molar-refractivity contribution in [2.45, 2.75) is 32.0 Å². The molecular formula is C27H31F2N3O7S. The van der Waals surface area contributed by atoms with Crippen LogP contribution in [-0.4, -0.2) is 91.2 Å². The first-order valence-electron chi connectivity index (χ1n) is 13.0. The van der Waals surface area contributed by atoms with Gasteiger partial charge in [0.1, 0.15) is 41.2 Å². The molecule has 2 fully saturated rings. The fraction of sp³-hybridized carbons (Fsp3) is 0.481. The fourth-order valence-corrected chi connectivity index (χ4v) is 6.07. The van der Waals surface area contributed by atoms with Crippen molar-refractivity contribution in [3.05, 3.63) is 42.2 Å². The van der Waals surface area contributed by atoms with E-state index in [-0.39, 0.29) is 53.3 Å². The second-order valence-electron chi connectivity index (χ2n) is 10.2. The van der Waals surface area contributed by atoms with Crippen LogP contribution in [0.25, 0.3) is 16.9 Å². The Morgan fingerprint density at radius 1 is 1.18 bits per heavy atom. The van der Waals surface area contributed by atoms with Crippen LogP contribution < -0.4 is 14.2 Å². The third-order valence-electron chi connectivity index (χ3n) is 7.08. The number of sulfone groups is 1. The number of aromatic nitrogens is 2. The second-order valence-corrected chi connectivity index (χ2v) is 12.5. The summed E-state index contributed by atoms with van der Waals surface area (Å²) < 4.78 is 67.4. The lowest BCUT2D eigenvalue weighted by atomic mass is 10.00. The number of rotatable bonds is 12. The van der Waals surface area contributed by atoms with E-state index in [1.54, 1.807) is 35.0 Å². The van der Waals surface area contributed by atoms with Crippen molar-refractivity contribution in [3.8, 4) is 28.5 Å². The predicted molar refractivity (Wildman–Crippen MR) is 142 cm³/mol. The Bertz CT molecular complexity index is 1480. The molecule has 1 aliphatic heterocycles. The number of imidazole rings is 1. The molecular weight excluding hydrogens is 548 g/mol. The normalized spacial score (nSPS) is 18.1. The van der Waals surface area contributed by atoms with E-state index in [2.05, 4.69) is 4.98 Å². The lowest BCUT2D eigenvalue weighted by molar-refractivity contribution is -0.0502. The van der Waals surface area contributed by atoms with Gasteiger partial charge in [-0.05, 0) is 37.0 Å². The van der Waals surface area contributed by atoms with Gasteiger partial charge in [-0.3, -0.25) is 14.1 Å². The summed E-state index contributed by atoms with van der Waals surface area (Å²) in [5.74, 6) is 0.496. The number of ketones is 1. The zero-order chi connectivity index (χ0) is 28.4. The SMILES string of the molecule is COc1cc(-c2cnc3cc(OCC(O)CN4CCS(=O)(=O)CC4)ccn23)cc(OC(F)F)c1C(=O)CC1CC1. The third kappa shape index (κ3) is 6.70. The van der Waals surface area contributed by atoms with Crippen LogP contribution in [-0.2, 0) is 9.84 Å². The van der Waals surface area contributed by atoms with Gasteiger partial charge in [-0.25, -0.2) is 13.4 Å². The van der Waals surface area contributed by atoms with E-state index in [9.17, 15) is 27.1 Å². The van der Waals surface area contributed by atoms with Crippen LogP contribution in [0.3, 0.4) is 0 Å². The van der Waals surface area contributed by atoms with Crippen molar-refractivity contribution < 1.29 is 41.3 Å². The molecule has 0 bridgehead atoms. The highest BCUT2D eigenvalue weighted by atomic mass is 32.2. The van der Waals surface area contributed by atoms with Crippen LogP contribution in [0.4, 0.5) is 8.78 Å². The largest absolute Gasteiger partial charge is 0.496 e. The van der Waals surface area contributed by atoms with Gasteiger partial charge in [-0.1, -0.05) is 0 Å². The fourth-order valence-electron chi connectivity index (χ4n) is 4.79. The molecule has 1 N–H and O–H groups in total. The van der Waals surface area contributed by atoms with Gasteiger partial charge in [0.25, 0.3) is 0 Å². The molecule has 0 amide bonds. The van der Waals surface area contributed by atoms with Crippen molar-refractivity contribution in [1.82, 2.24) is 14.3 Å². The van der Waals surface area contributed by atoms with E-state index < -0.39 is 22.6 Å². The van der Waals surface area contributed by atoms with Gasteiger partial charge < -0.3 is 19.3 Å². The molecule has 1 unspecified atom stereocenters. The number of aliphatic hydroxyl groups excluding tert-OH is 1. The van der Waals surface area contributed by atoms with Crippen molar-refractivity contribution in [3.63, 3.8) is 0 Å². The number of ether oxygens (including phenoxy) is 3. The van der Waals surface area contributed by atoms with Crippen molar-refractivity contribution >= 4 is 21.3 Å². The number of carbonyl (C=O) groups excluding carboxylic acids is 1. The summed E-state index contributed by atoms with van der Waals surface area (Å²) in [5, 5.41) is 10.4. The standard InChI is InChI=1S/C27H31F2N3O7S/c1-37-23-11-18(12-24(39-27(28)29)26(23)22(34)10-17-2-3-17)21-14-30-25-13-20(4-5-32(21)25)38-16-19(33)15-31-6-8-40(35,36)9-7-31/h4-5,11-14,17,19,27,33H,2-3,6-10,15-16H2,1H3. The number of carbonyl (C=O) groups is 1. The molecule has 13 heteroatoms. The number of nitrogens with zero attached hydrogens (tertiary/aromatic N) is 3. The highest BCUT2D eigenvalue weighted by Gasteiger charge is 2.30. The summed E-state index contributed by atoms with van der Waals surface area (Å²) >= 11 is 0. The van der Waals surface area contributed by atoms with Crippen LogP contribution in [0.15, 0.2) is 36.7 Å². The third-order valence-corrected chi connectivity index (χ3v) is 8.69. The monoisotopic (exact) mass is 579 g/mol. The molecule has 40 heavy (non-hydrogen) atoms. The molecule has 3 heterocycles. The number of Topliss-reactive ketones (excluding diaryl/α,β-unsaturated/α-hetero) is 1. The minimum absolute atomic E-state index is 0.00712. The topological polar surface area (TPSA) is 120 Å². The molecule has 2 aromatic heterocycles. The van der Waals surface area contributed by atoms with Crippen molar-refractivity contribution in [2.75, 3.05) is 44.9 Å². The molecule has 0 radical (unpaired) electrons. The van der Waals surface area contributed by atoms with Gasteiger partial charge in [0.15, 0.2) is 15.6 Å². The number of methoxy groups -OCH3 is 1. The van der Waals surface area contributed by atoms with Gasteiger partial charge in [-0.2, -0.15) is 8.78 Å². The molecule has 2 aliphatic rings. The van der Waals surface area contributed by atoms with Crippen molar-refractivity contribution in [2.24, 2.45) is 5.92 Å². The summed E-state index contributed by atoms with van der Waals surface area (Å²) in [4.78, 5) is 19.2. The van der Waals surface area contributed by atoms with E-state index in [0.29, 0.717) is 42.3 Å². The minimum Gasteiger partial charge on any atom is -0.496 e. The maximum Gasteiger partial charge on any atom is 0.387 e. The maximum absolute atomic E-state index is 13.3. The number of pyridine rings is 1. The quantitative estimate of drug-likeness (QED) is 0.323. The Balaban J connectivity index is 1.32. The summed E-state index contributed by atoms with van der Waals surface area (Å²) in [7, 11) is -1.62. The Kier molecular flexibility index (Phi) is 8.24. The number of β-amino-alcohol motifs (C(OH)–C–C–N with tert-alkyl or cyclic N) is 1. The minimum atomic E-state index is -3.12. The first kappa shape index (κ1) is 28.2. The molecule has 1 aliphatic carbocycles. The van der Waals surface area contributed by atoms with Crippen LogP contribution in [0.2, 0.25) is 0 Å². The zero-order valence-electron chi connectivity index (χ0n) is 22.0. The molecule has 5 rings (SSSR count). The number of alkyl halides is 2. The lowest BCUT2D eigenvalue weighted by Crippen LogP contribution is -2.44. The molecule has 1 saturated carbocycles. The Morgan fingerprint density at radius 3 is 2.58 bits per heavy atom. The molecule has 1 aromatic carbocycles. The van der Waals surface area contributed by atoms with Crippen LogP contribution in [0, 0.1) is 5.92 Å². The van der Waals surface area contributed by atoms with E-state index in [4.69, 9.17) is 14.2 Å². The first-order valence-corrected chi connectivity index (χ1v) is 14.8. The van der Waals surface area contributed by atoms with Crippen molar-refractivity contribution in [1.29, 1.82) is 0 Å². The summed E-state index contributed by atoms with van der Waals surface area (Å²) in [6.07, 6.45) is 4.58. The average molecular weight is 580 g/mol. The number of hydrogen-bond donors (Lipinski definition) is 1. The summed E-state index contributed by atoms with van der Waals surface area (Å²) in [6.45, 7) is -2.04. The smallest absolute Gasteiger partial charge is 0.387 e. The molecule has 0 spiro atoms. The maximum atomic E-state index is 13.3. The van der Waals surface area contributed by atoms with E-state index >= 15 is 0 Å². The Hall–Kier alpha value is -3.29. The average Bonchev–Trinajstić information content (AvgIpc) is 3.62. The number of fused-ring (bicyclic) bond motifs is 1. The highest BCUT2D eigenvalue weighted by Crippen LogP contribution is 2.40. The highest BCUT2D eigenvalue weighted by molar-refractivity contribution is 7.91. The molecule has 1 saturated heterocycles. The van der Waals surface area contributed by atoms with Gasteiger partial charge >= 0.3 is 6.61 Å². The zero-order valence-corrected chi connectivity index (χ0v) is 22.8. The van der Waals surface area contributed by atoms with E-state index in [1.165, 1.54) is 13.2 Å². The first-order chi connectivity index (χ1) is 19.1. The number of halogens is 2. The van der Waals surface area contributed by atoms with Gasteiger partial charge in [-0.15, -0.1) is 0 Å². The van der Waals surface area contributed by atoms with Crippen LogP contribution >= 0.6 is 0 Å². The number of benzene rings is 1. The van der Waals surface area contributed by atoms with E-state index in [0.717, 1.165) is 12.8 Å². The molecule has 10 nitrogen and oxygen atoms in total. The van der Waals surface area contributed by atoms with Gasteiger partial charge in [0, 0.05) is 43.9 Å². The number of aliphatic hydroxyl groups is 1. The Labute approximate surface area is 230 Å².